The Morgan fingerprint density at radius 3 is 2.74 bits per heavy atom. The van der Waals surface area contributed by atoms with Gasteiger partial charge in [0.2, 0.25) is 15.9 Å². The van der Waals surface area contributed by atoms with Crippen LogP contribution in [0.2, 0.25) is 0 Å². The number of aromatic nitrogens is 2. The van der Waals surface area contributed by atoms with E-state index in [1.54, 1.807) is 25.1 Å². The van der Waals surface area contributed by atoms with E-state index < -0.39 is 10.0 Å². The fourth-order valence-corrected chi connectivity index (χ4v) is 2.61. The van der Waals surface area contributed by atoms with Crippen molar-refractivity contribution in [3.05, 3.63) is 36.0 Å². The molecule has 2 rings (SSSR count). The molecule has 0 saturated heterocycles. The first-order valence-electron chi connectivity index (χ1n) is 5.37. The van der Waals surface area contributed by atoms with Crippen molar-refractivity contribution in [2.45, 2.75) is 18.4 Å². The number of nitrogen functional groups attached to an aromatic ring is 1. The van der Waals surface area contributed by atoms with Gasteiger partial charge in [-0.2, -0.15) is 4.98 Å². The number of anilines is 1. The summed E-state index contributed by atoms with van der Waals surface area (Å²) >= 11 is 0. The molecule has 0 aliphatic rings. The lowest BCUT2D eigenvalue weighted by molar-refractivity contribution is 0.372. The Hall–Kier alpha value is -1.97. The van der Waals surface area contributed by atoms with Crippen LogP contribution in [0.1, 0.15) is 11.7 Å². The summed E-state index contributed by atoms with van der Waals surface area (Å²) in [4.78, 5) is 3.95. The van der Waals surface area contributed by atoms with Gasteiger partial charge >= 0.3 is 0 Å². The number of nitrogens with one attached hydrogen (secondary N) is 2. The van der Waals surface area contributed by atoms with E-state index in [9.17, 15) is 8.42 Å². The van der Waals surface area contributed by atoms with Crippen LogP contribution in [0.5, 0.6) is 0 Å². The van der Waals surface area contributed by atoms with Gasteiger partial charge < -0.3 is 9.95 Å². The quantitative estimate of drug-likeness (QED) is 0.527. The molecule has 0 spiro atoms. The summed E-state index contributed by atoms with van der Waals surface area (Å²) in [5.74, 6) is 5.91. The Bertz CT molecular complexity index is 667. The monoisotopic (exact) mass is 283 g/mol. The smallest absolute Gasteiger partial charge is 0.243 e. The van der Waals surface area contributed by atoms with Gasteiger partial charge in [0.05, 0.1) is 12.2 Å². The summed E-state index contributed by atoms with van der Waals surface area (Å²) in [6, 6.07) is 6.28. The van der Waals surface area contributed by atoms with Gasteiger partial charge in [-0.3, -0.25) is 5.84 Å². The number of nitrogens with zero attached hydrogens (tertiary/aromatic N) is 2. The summed E-state index contributed by atoms with van der Waals surface area (Å²) in [5, 5.41) is 3.57. The standard InChI is InChI=1S/C10H13N5O3S/c1-7-13-10(18-15-7)6-12-19(16,17)9-5-3-2-4-8(9)14-11/h2-5,12,14H,6,11H2,1H3. The van der Waals surface area contributed by atoms with Crippen LogP contribution >= 0.6 is 0 Å². The second-order valence-electron chi connectivity index (χ2n) is 3.70. The van der Waals surface area contributed by atoms with Crippen molar-refractivity contribution in [2.75, 3.05) is 5.43 Å². The number of aryl methyl sites for hydroxylation is 1. The molecular weight excluding hydrogens is 270 g/mol. The van der Waals surface area contributed by atoms with Gasteiger partial charge in [0, 0.05) is 0 Å². The normalized spacial score (nSPS) is 11.5. The Morgan fingerprint density at radius 2 is 2.11 bits per heavy atom. The van der Waals surface area contributed by atoms with Crippen molar-refractivity contribution in [1.82, 2.24) is 14.9 Å². The highest BCUT2D eigenvalue weighted by molar-refractivity contribution is 7.89. The lowest BCUT2D eigenvalue weighted by Gasteiger charge is -2.09. The first-order valence-corrected chi connectivity index (χ1v) is 6.86. The number of hydrogen-bond acceptors (Lipinski definition) is 7. The second-order valence-corrected chi connectivity index (χ2v) is 5.44. The number of nitrogens with two attached hydrogens (primary N) is 1. The topological polar surface area (TPSA) is 123 Å². The number of para-hydroxylation sites is 1. The van der Waals surface area contributed by atoms with Crippen LogP contribution < -0.4 is 16.0 Å². The van der Waals surface area contributed by atoms with E-state index in [0.29, 0.717) is 11.5 Å². The first-order chi connectivity index (χ1) is 9.03. The minimum absolute atomic E-state index is 0.0498. The van der Waals surface area contributed by atoms with Crippen LogP contribution in [0.25, 0.3) is 0 Å². The fraction of sp³-hybridized carbons (Fsp3) is 0.200. The molecule has 0 atom stereocenters. The Morgan fingerprint density at radius 1 is 1.37 bits per heavy atom. The molecule has 1 aromatic carbocycles. The van der Waals surface area contributed by atoms with Crippen LogP contribution in [0.15, 0.2) is 33.7 Å². The van der Waals surface area contributed by atoms with Crippen LogP contribution in [0.3, 0.4) is 0 Å². The Labute approximate surface area is 110 Å². The first kappa shape index (κ1) is 13.5. The van der Waals surface area contributed by atoms with Crippen LogP contribution in [0.4, 0.5) is 5.69 Å². The van der Waals surface area contributed by atoms with E-state index in [0.717, 1.165) is 0 Å². The zero-order chi connectivity index (χ0) is 13.9. The number of hydrogen-bond donors (Lipinski definition) is 3. The number of benzene rings is 1. The minimum atomic E-state index is -3.71. The van der Waals surface area contributed by atoms with E-state index in [2.05, 4.69) is 20.3 Å². The maximum atomic E-state index is 12.1. The molecule has 9 heteroatoms. The van der Waals surface area contributed by atoms with Gasteiger partial charge in [0.25, 0.3) is 0 Å². The van der Waals surface area contributed by atoms with Crippen LogP contribution in [-0.4, -0.2) is 18.6 Å². The van der Waals surface area contributed by atoms with E-state index >= 15 is 0 Å². The van der Waals surface area contributed by atoms with Gasteiger partial charge in [-0.25, -0.2) is 13.1 Å². The van der Waals surface area contributed by atoms with Crippen LogP contribution in [-0.2, 0) is 16.6 Å². The molecule has 19 heavy (non-hydrogen) atoms. The summed E-state index contributed by atoms with van der Waals surface area (Å²) in [6.07, 6.45) is 0. The predicted octanol–water partition coefficient (Wildman–Crippen LogP) is 0.142. The lowest BCUT2D eigenvalue weighted by atomic mass is 10.3. The lowest BCUT2D eigenvalue weighted by Crippen LogP contribution is -2.25. The van der Waals surface area contributed by atoms with Crippen LogP contribution in [0, 0.1) is 6.92 Å². The molecule has 2 aromatic rings. The van der Waals surface area contributed by atoms with E-state index in [-0.39, 0.29) is 17.3 Å². The largest absolute Gasteiger partial charge is 0.338 e. The molecule has 0 aliphatic heterocycles. The number of hydrazine groups is 1. The van der Waals surface area contributed by atoms with Gasteiger partial charge in [0.15, 0.2) is 5.82 Å². The molecule has 0 amide bonds. The number of sulfonamides is 1. The molecule has 0 radical (unpaired) electrons. The molecule has 4 N–H and O–H groups in total. The van der Waals surface area contributed by atoms with Crippen molar-refractivity contribution >= 4 is 15.7 Å². The molecule has 0 bridgehead atoms. The number of rotatable bonds is 5. The van der Waals surface area contributed by atoms with Crippen molar-refractivity contribution in [1.29, 1.82) is 0 Å². The Kier molecular flexibility index (Phi) is 3.79. The molecular formula is C10H13N5O3S. The highest BCUT2D eigenvalue weighted by Gasteiger charge is 2.18. The van der Waals surface area contributed by atoms with Gasteiger partial charge in [-0.05, 0) is 19.1 Å². The molecule has 0 aliphatic carbocycles. The van der Waals surface area contributed by atoms with Gasteiger partial charge in [0.1, 0.15) is 4.90 Å². The highest BCUT2D eigenvalue weighted by atomic mass is 32.2. The fourth-order valence-electron chi connectivity index (χ4n) is 1.47. The third-order valence-corrected chi connectivity index (χ3v) is 3.77. The van der Waals surface area contributed by atoms with Crippen molar-refractivity contribution in [3.8, 4) is 0 Å². The maximum absolute atomic E-state index is 12.1. The average Bonchev–Trinajstić information content (AvgIpc) is 2.82. The van der Waals surface area contributed by atoms with Crippen molar-refractivity contribution < 1.29 is 12.9 Å². The van der Waals surface area contributed by atoms with Gasteiger partial charge in [-0.15, -0.1) is 0 Å². The van der Waals surface area contributed by atoms with E-state index in [1.807, 2.05) is 0 Å². The highest BCUT2D eigenvalue weighted by Crippen LogP contribution is 2.19. The third-order valence-electron chi connectivity index (χ3n) is 2.32. The summed E-state index contributed by atoms with van der Waals surface area (Å²) in [6.45, 7) is 1.57. The SMILES string of the molecule is Cc1noc(CNS(=O)(=O)c2ccccc2NN)n1. The van der Waals surface area contributed by atoms with E-state index in [1.165, 1.54) is 6.07 Å². The summed E-state index contributed by atoms with van der Waals surface area (Å²) in [5.41, 5.74) is 2.64. The summed E-state index contributed by atoms with van der Waals surface area (Å²) in [7, 11) is -3.71. The van der Waals surface area contributed by atoms with Crippen molar-refractivity contribution in [2.24, 2.45) is 5.84 Å². The van der Waals surface area contributed by atoms with Crippen molar-refractivity contribution in [3.63, 3.8) is 0 Å². The summed E-state index contributed by atoms with van der Waals surface area (Å²) < 4.78 is 31.4. The molecule has 0 saturated carbocycles. The minimum Gasteiger partial charge on any atom is -0.338 e. The zero-order valence-corrected chi connectivity index (χ0v) is 10.9. The Balaban J connectivity index is 2.18. The third kappa shape index (κ3) is 3.08. The molecule has 8 nitrogen and oxygen atoms in total. The molecule has 102 valence electrons. The van der Waals surface area contributed by atoms with Gasteiger partial charge in [-0.1, -0.05) is 17.3 Å². The molecule has 0 fully saturated rings. The average molecular weight is 283 g/mol. The van der Waals surface area contributed by atoms with E-state index in [4.69, 9.17) is 10.4 Å². The zero-order valence-electron chi connectivity index (χ0n) is 10.1. The molecule has 1 heterocycles. The molecule has 0 unspecified atom stereocenters. The maximum Gasteiger partial charge on any atom is 0.243 e. The second kappa shape index (κ2) is 5.34. The predicted molar refractivity (Wildman–Crippen MR) is 67.3 cm³/mol. The molecule has 1 aromatic heterocycles.